The fourth-order valence-electron chi connectivity index (χ4n) is 1.45. The van der Waals surface area contributed by atoms with Gasteiger partial charge in [0.2, 0.25) is 10.0 Å². The third-order valence-corrected chi connectivity index (χ3v) is 5.09. The Balaban J connectivity index is 3.72. The number of nitrogens with zero attached hydrogens (tertiary/aromatic N) is 1. The van der Waals surface area contributed by atoms with Gasteiger partial charge >= 0.3 is 0 Å². The highest BCUT2D eigenvalue weighted by Gasteiger charge is 2.14. The highest BCUT2D eigenvalue weighted by molar-refractivity contribution is 7.89. The normalized spacial score (nSPS) is 14.4. The van der Waals surface area contributed by atoms with Crippen LogP contribution in [0.3, 0.4) is 0 Å². The number of hydrogen-bond acceptors (Lipinski definition) is 3. The zero-order valence-corrected chi connectivity index (χ0v) is 13.5. The van der Waals surface area contributed by atoms with Crippen molar-refractivity contribution in [2.75, 3.05) is 31.8 Å². The quantitative estimate of drug-likeness (QED) is 0.495. The Morgan fingerprint density at radius 1 is 1.22 bits per heavy atom. The lowest BCUT2D eigenvalue weighted by Crippen LogP contribution is -2.31. The van der Waals surface area contributed by atoms with E-state index in [-0.39, 0.29) is 11.7 Å². The Hall–Kier alpha value is 0.160. The van der Waals surface area contributed by atoms with Crippen LogP contribution < -0.4 is 4.72 Å². The van der Waals surface area contributed by atoms with E-state index in [2.05, 4.69) is 30.5 Å². The van der Waals surface area contributed by atoms with Gasteiger partial charge in [-0.15, -0.1) is 11.6 Å². The molecule has 0 spiro atoms. The van der Waals surface area contributed by atoms with E-state index in [0.29, 0.717) is 18.5 Å². The predicted octanol–water partition coefficient (Wildman–Crippen LogP) is 1.90. The van der Waals surface area contributed by atoms with Gasteiger partial charge in [-0.1, -0.05) is 6.92 Å². The van der Waals surface area contributed by atoms with E-state index < -0.39 is 10.0 Å². The van der Waals surface area contributed by atoms with Crippen molar-refractivity contribution in [1.82, 2.24) is 9.62 Å². The topological polar surface area (TPSA) is 49.4 Å². The van der Waals surface area contributed by atoms with Crippen LogP contribution >= 0.6 is 11.6 Å². The van der Waals surface area contributed by atoms with Gasteiger partial charge in [0.15, 0.2) is 0 Å². The summed E-state index contributed by atoms with van der Waals surface area (Å²) in [6.07, 6.45) is 1.87. The van der Waals surface area contributed by atoms with Crippen LogP contribution in [0.5, 0.6) is 0 Å². The van der Waals surface area contributed by atoms with E-state index in [1.807, 2.05) is 6.92 Å². The van der Waals surface area contributed by atoms with Gasteiger partial charge in [0, 0.05) is 18.5 Å². The first kappa shape index (κ1) is 18.2. The van der Waals surface area contributed by atoms with Crippen molar-refractivity contribution in [1.29, 1.82) is 0 Å². The number of sulfonamides is 1. The lowest BCUT2D eigenvalue weighted by Gasteiger charge is -2.20. The largest absolute Gasteiger partial charge is 0.304 e. The number of unbranched alkanes of at least 4 members (excludes halogenated alkanes) is 1. The molecule has 4 nitrogen and oxygen atoms in total. The van der Waals surface area contributed by atoms with Crippen molar-refractivity contribution in [3.8, 4) is 0 Å². The summed E-state index contributed by atoms with van der Waals surface area (Å²) in [5.41, 5.74) is 0. The predicted molar refractivity (Wildman–Crippen MR) is 78.7 cm³/mol. The Morgan fingerprint density at radius 2 is 1.83 bits per heavy atom. The van der Waals surface area contributed by atoms with Crippen molar-refractivity contribution >= 4 is 21.6 Å². The number of hydrogen-bond donors (Lipinski definition) is 1. The molecule has 0 saturated heterocycles. The maximum absolute atomic E-state index is 11.6. The highest BCUT2D eigenvalue weighted by Crippen LogP contribution is 2.02. The first-order valence-corrected chi connectivity index (χ1v) is 8.70. The first-order valence-electron chi connectivity index (χ1n) is 6.52. The van der Waals surface area contributed by atoms with Gasteiger partial charge in [0.05, 0.1) is 5.75 Å². The number of halogens is 1. The van der Waals surface area contributed by atoms with Crippen LogP contribution in [0.25, 0.3) is 0 Å². The van der Waals surface area contributed by atoms with Gasteiger partial charge < -0.3 is 4.90 Å². The van der Waals surface area contributed by atoms with Crippen molar-refractivity contribution in [3.05, 3.63) is 0 Å². The van der Waals surface area contributed by atoms with Crippen molar-refractivity contribution in [3.63, 3.8) is 0 Å². The van der Waals surface area contributed by atoms with Crippen LogP contribution in [-0.4, -0.2) is 51.1 Å². The summed E-state index contributed by atoms with van der Waals surface area (Å²) in [4.78, 5) is 2.25. The highest BCUT2D eigenvalue weighted by atomic mass is 35.5. The van der Waals surface area contributed by atoms with Crippen molar-refractivity contribution < 1.29 is 8.42 Å². The summed E-state index contributed by atoms with van der Waals surface area (Å²) in [7, 11) is -1.08. The smallest absolute Gasteiger partial charge is 0.211 e. The molecule has 0 bridgehead atoms. The van der Waals surface area contributed by atoms with Gasteiger partial charge in [-0.3, -0.25) is 0 Å². The zero-order valence-electron chi connectivity index (χ0n) is 11.9. The average Bonchev–Trinajstić information content (AvgIpc) is 2.27. The molecule has 0 saturated carbocycles. The molecular weight excluding hydrogens is 272 g/mol. The molecule has 0 aliphatic carbocycles. The molecule has 0 aromatic carbocycles. The van der Waals surface area contributed by atoms with Crippen LogP contribution in [-0.2, 0) is 10.0 Å². The van der Waals surface area contributed by atoms with Gasteiger partial charge in [0.25, 0.3) is 0 Å². The van der Waals surface area contributed by atoms with E-state index in [9.17, 15) is 8.42 Å². The summed E-state index contributed by atoms with van der Waals surface area (Å²) < 4.78 is 25.9. The average molecular weight is 299 g/mol. The summed E-state index contributed by atoms with van der Waals surface area (Å²) in [6, 6.07) is 0.534. The number of rotatable bonds is 10. The maximum Gasteiger partial charge on any atom is 0.211 e. The second-order valence-corrected chi connectivity index (χ2v) is 7.38. The summed E-state index contributed by atoms with van der Waals surface area (Å²) in [5, 5.41) is 0. The molecule has 6 heteroatoms. The molecule has 1 N–H and O–H groups in total. The van der Waals surface area contributed by atoms with E-state index in [4.69, 9.17) is 11.6 Å². The lowest BCUT2D eigenvalue weighted by molar-refractivity contribution is 0.268. The van der Waals surface area contributed by atoms with Crippen LogP contribution in [0.4, 0.5) is 0 Å². The molecule has 0 rings (SSSR count). The zero-order chi connectivity index (χ0) is 14.2. The molecule has 18 heavy (non-hydrogen) atoms. The third-order valence-electron chi connectivity index (χ3n) is 2.91. The fraction of sp³-hybridized carbons (Fsp3) is 1.00. The third kappa shape index (κ3) is 9.14. The number of alkyl halides is 1. The van der Waals surface area contributed by atoms with Crippen molar-refractivity contribution in [2.45, 2.75) is 39.7 Å². The molecule has 0 aromatic rings. The minimum absolute atomic E-state index is 0.00348. The first-order chi connectivity index (χ1) is 8.28. The van der Waals surface area contributed by atoms with Crippen LogP contribution in [0, 0.1) is 5.92 Å². The van der Waals surface area contributed by atoms with Gasteiger partial charge in [0.1, 0.15) is 0 Å². The summed E-state index contributed by atoms with van der Waals surface area (Å²) in [6.45, 7) is 7.65. The molecule has 110 valence electrons. The van der Waals surface area contributed by atoms with Gasteiger partial charge in [-0.25, -0.2) is 13.1 Å². The molecule has 0 aromatic heterocycles. The van der Waals surface area contributed by atoms with Crippen LogP contribution in [0.15, 0.2) is 0 Å². The lowest BCUT2D eigenvalue weighted by atomic mass is 10.2. The molecule has 0 fully saturated rings. The van der Waals surface area contributed by atoms with E-state index >= 15 is 0 Å². The van der Waals surface area contributed by atoms with Crippen LogP contribution in [0.1, 0.15) is 33.6 Å². The second-order valence-electron chi connectivity index (χ2n) is 5.22. The SMILES string of the molecule is CC(CCl)CS(=O)(=O)NCCCCN(C)C(C)C. The molecule has 0 aliphatic heterocycles. The monoisotopic (exact) mass is 298 g/mol. The summed E-state index contributed by atoms with van der Waals surface area (Å²) >= 11 is 5.61. The van der Waals surface area contributed by atoms with Gasteiger partial charge in [-0.2, -0.15) is 0 Å². The second kappa shape index (κ2) is 9.13. The molecular formula is C12H27ClN2O2S. The maximum atomic E-state index is 11.6. The minimum atomic E-state index is -3.16. The fourth-order valence-corrected chi connectivity index (χ4v) is 3.13. The minimum Gasteiger partial charge on any atom is -0.304 e. The molecule has 0 heterocycles. The van der Waals surface area contributed by atoms with Crippen molar-refractivity contribution in [2.24, 2.45) is 5.92 Å². The van der Waals surface area contributed by atoms with E-state index in [1.165, 1.54) is 0 Å². The molecule has 0 amide bonds. The van der Waals surface area contributed by atoms with Gasteiger partial charge in [-0.05, 0) is 46.2 Å². The van der Waals surface area contributed by atoms with E-state index in [1.54, 1.807) is 0 Å². The Bertz CT molecular complexity index is 307. The Kier molecular flexibility index (Phi) is 9.21. The summed E-state index contributed by atoms with van der Waals surface area (Å²) in [5.74, 6) is 0.485. The molecule has 0 radical (unpaired) electrons. The molecule has 1 unspecified atom stereocenters. The van der Waals surface area contributed by atoms with Crippen LogP contribution in [0.2, 0.25) is 0 Å². The molecule has 1 atom stereocenters. The Morgan fingerprint density at radius 3 is 2.33 bits per heavy atom. The van der Waals surface area contributed by atoms with E-state index in [0.717, 1.165) is 19.4 Å². The number of nitrogens with one attached hydrogen (secondary N) is 1. The Labute approximate surface area is 117 Å². The standard InChI is InChI=1S/C12H27ClN2O2S/c1-11(2)15(4)8-6-5-7-14-18(16,17)10-12(3)9-13/h11-12,14H,5-10H2,1-4H3. The molecule has 0 aliphatic rings.